The number of aromatic nitrogens is 7. The molecule has 3 heterocycles. The maximum atomic E-state index is 13.6. The van der Waals surface area contributed by atoms with E-state index in [4.69, 9.17) is 4.98 Å². The number of phenols is 3. The second-order valence-electron chi connectivity index (χ2n) is 11.2. The van der Waals surface area contributed by atoms with Gasteiger partial charge in [0.25, 0.3) is 11.1 Å². The lowest BCUT2D eigenvalue weighted by atomic mass is 10.1. The van der Waals surface area contributed by atoms with Crippen molar-refractivity contribution in [2.75, 3.05) is 0 Å². The van der Waals surface area contributed by atoms with Gasteiger partial charge in [-0.2, -0.15) is 0 Å². The van der Waals surface area contributed by atoms with Crippen molar-refractivity contribution >= 4 is 21.8 Å². The van der Waals surface area contributed by atoms with Crippen LogP contribution < -0.4 is 11.1 Å². The van der Waals surface area contributed by atoms with Crippen LogP contribution in [0.25, 0.3) is 44.6 Å². The van der Waals surface area contributed by atoms with Crippen molar-refractivity contribution in [3.8, 4) is 40.0 Å². The summed E-state index contributed by atoms with van der Waals surface area (Å²) in [5, 5.41) is 39.8. The highest BCUT2D eigenvalue weighted by Crippen LogP contribution is 2.28. The normalized spacial score (nSPS) is 11.4. The van der Waals surface area contributed by atoms with Gasteiger partial charge in [0, 0.05) is 30.3 Å². The van der Waals surface area contributed by atoms with Gasteiger partial charge in [0.2, 0.25) is 0 Å². The van der Waals surface area contributed by atoms with E-state index in [9.17, 15) is 24.9 Å². The SMILES string of the molecule is O=c1c2ccccc2nc(-c2cccc(O)c2)n1CCCCn1cc(Cn2c(-c3cc(O)cc(O)c3)nc3ccccc3c2=O)nn1. The molecule has 0 saturated carbocycles. The minimum atomic E-state index is -0.292. The predicted octanol–water partition coefficient (Wildman–Crippen LogP) is 4.68. The third-order valence-electron chi connectivity index (χ3n) is 7.91. The molecule has 234 valence electrons. The van der Waals surface area contributed by atoms with Crippen LogP contribution in [-0.2, 0) is 19.6 Å². The Bertz CT molecular complexity index is 2380. The van der Waals surface area contributed by atoms with Gasteiger partial charge < -0.3 is 15.3 Å². The Hall–Kier alpha value is -6.30. The molecule has 7 aromatic rings. The van der Waals surface area contributed by atoms with E-state index in [2.05, 4.69) is 15.3 Å². The van der Waals surface area contributed by atoms with Crippen LogP contribution in [0.1, 0.15) is 18.5 Å². The molecular formula is C35H29N7O5. The van der Waals surface area contributed by atoms with Crippen molar-refractivity contribution in [1.82, 2.24) is 34.1 Å². The van der Waals surface area contributed by atoms with E-state index in [1.54, 1.807) is 70.0 Å². The summed E-state index contributed by atoms with van der Waals surface area (Å²) in [4.78, 5) is 36.5. The minimum Gasteiger partial charge on any atom is -0.508 e. The van der Waals surface area contributed by atoms with E-state index in [-0.39, 0.29) is 40.7 Å². The highest BCUT2D eigenvalue weighted by atomic mass is 16.3. The van der Waals surface area contributed by atoms with Crippen molar-refractivity contribution in [2.24, 2.45) is 0 Å². The Labute approximate surface area is 267 Å². The third kappa shape index (κ3) is 5.91. The summed E-state index contributed by atoms with van der Waals surface area (Å²) < 4.78 is 4.78. The molecule has 3 aromatic heterocycles. The predicted molar refractivity (Wildman–Crippen MR) is 176 cm³/mol. The van der Waals surface area contributed by atoms with E-state index in [0.717, 1.165) is 0 Å². The van der Waals surface area contributed by atoms with Crippen LogP contribution in [0.5, 0.6) is 17.2 Å². The van der Waals surface area contributed by atoms with Gasteiger partial charge in [0.1, 0.15) is 34.6 Å². The first-order valence-electron chi connectivity index (χ1n) is 15.0. The van der Waals surface area contributed by atoms with Crippen molar-refractivity contribution in [3.05, 3.63) is 124 Å². The van der Waals surface area contributed by atoms with Gasteiger partial charge >= 0.3 is 0 Å². The van der Waals surface area contributed by atoms with Gasteiger partial charge in [0.05, 0.1) is 34.5 Å². The van der Waals surface area contributed by atoms with Gasteiger partial charge in [-0.15, -0.1) is 5.10 Å². The molecule has 0 aliphatic carbocycles. The monoisotopic (exact) mass is 627 g/mol. The Morgan fingerprint density at radius 3 is 1.87 bits per heavy atom. The zero-order valence-electron chi connectivity index (χ0n) is 25.1. The fourth-order valence-electron chi connectivity index (χ4n) is 5.73. The standard InChI is InChI=1S/C35H29N7O5/c43-25-9-7-8-22(16-25)32-36-30-12-3-1-10-28(30)34(46)41(32)15-6-5-14-40-20-24(38-39-40)21-42-33(23-17-26(44)19-27(45)18-23)37-31-13-4-2-11-29(31)35(42)47/h1-4,7-13,16-20,43-45H,5-6,14-15,21H2. The van der Waals surface area contributed by atoms with Crippen LogP contribution in [-0.4, -0.2) is 49.4 Å². The van der Waals surface area contributed by atoms with Gasteiger partial charge in [-0.25, -0.2) is 9.97 Å². The molecule has 0 atom stereocenters. The number of fused-ring (bicyclic) bond motifs is 2. The molecule has 47 heavy (non-hydrogen) atoms. The second-order valence-corrected chi connectivity index (χ2v) is 11.2. The number of hydrogen-bond acceptors (Lipinski definition) is 9. The van der Waals surface area contributed by atoms with Crippen molar-refractivity contribution in [1.29, 1.82) is 0 Å². The Morgan fingerprint density at radius 2 is 1.19 bits per heavy atom. The fourth-order valence-corrected chi connectivity index (χ4v) is 5.73. The molecule has 0 saturated heterocycles. The van der Waals surface area contributed by atoms with Crippen molar-refractivity contribution < 1.29 is 15.3 Å². The minimum absolute atomic E-state index is 0.0633. The van der Waals surface area contributed by atoms with E-state index < -0.39 is 0 Å². The number of para-hydroxylation sites is 2. The van der Waals surface area contributed by atoms with Crippen LogP contribution in [0.3, 0.4) is 0 Å². The van der Waals surface area contributed by atoms with Crippen molar-refractivity contribution in [2.45, 2.75) is 32.5 Å². The number of phenolic OH excluding ortho intramolecular Hbond substituents is 3. The third-order valence-corrected chi connectivity index (χ3v) is 7.91. The Morgan fingerprint density at radius 1 is 0.596 bits per heavy atom. The average molecular weight is 628 g/mol. The van der Waals surface area contributed by atoms with Crippen LogP contribution in [0, 0.1) is 0 Å². The number of benzene rings is 4. The van der Waals surface area contributed by atoms with Crippen LogP contribution in [0.4, 0.5) is 0 Å². The average Bonchev–Trinajstić information content (AvgIpc) is 3.51. The van der Waals surface area contributed by atoms with Gasteiger partial charge in [0.15, 0.2) is 0 Å². The molecule has 4 aromatic carbocycles. The number of aryl methyl sites for hydroxylation is 1. The summed E-state index contributed by atoms with van der Waals surface area (Å²) in [6, 6.07) is 25.0. The van der Waals surface area contributed by atoms with E-state index >= 15 is 0 Å². The summed E-state index contributed by atoms with van der Waals surface area (Å²) in [5.74, 6) is 0.531. The molecule has 12 heteroatoms. The number of hydrogen-bond donors (Lipinski definition) is 3. The first-order chi connectivity index (χ1) is 22.8. The van der Waals surface area contributed by atoms with Crippen LogP contribution in [0.2, 0.25) is 0 Å². The number of unbranched alkanes of at least 4 members (excludes halogenated alkanes) is 1. The highest BCUT2D eigenvalue weighted by Gasteiger charge is 2.17. The lowest BCUT2D eigenvalue weighted by Gasteiger charge is -2.14. The van der Waals surface area contributed by atoms with Gasteiger partial charge in [-0.05, 0) is 61.4 Å². The molecule has 0 spiro atoms. The maximum Gasteiger partial charge on any atom is 0.262 e. The summed E-state index contributed by atoms with van der Waals surface area (Å²) in [6.45, 7) is 0.984. The van der Waals surface area contributed by atoms with Gasteiger partial charge in [-0.3, -0.25) is 23.4 Å². The van der Waals surface area contributed by atoms with Crippen LogP contribution in [0.15, 0.2) is 107 Å². The molecular weight excluding hydrogens is 598 g/mol. The molecule has 0 amide bonds. The van der Waals surface area contributed by atoms with E-state index in [0.29, 0.717) is 70.4 Å². The molecule has 0 bridgehead atoms. The first-order valence-corrected chi connectivity index (χ1v) is 15.0. The summed E-state index contributed by atoms with van der Waals surface area (Å²) in [5.41, 5.74) is 2.18. The molecule has 0 fully saturated rings. The second kappa shape index (κ2) is 12.2. The molecule has 3 N–H and O–H groups in total. The summed E-state index contributed by atoms with van der Waals surface area (Å²) in [6.07, 6.45) is 3.07. The highest BCUT2D eigenvalue weighted by molar-refractivity contribution is 5.81. The Balaban J connectivity index is 1.11. The summed E-state index contributed by atoms with van der Waals surface area (Å²) >= 11 is 0. The lowest BCUT2D eigenvalue weighted by molar-refractivity contribution is 0.451. The zero-order valence-corrected chi connectivity index (χ0v) is 25.1. The molecule has 0 aliphatic rings. The molecule has 12 nitrogen and oxygen atoms in total. The summed E-state index contributed by atoms with van der Waals surface area (Å²) in [7, 11) is 0. The molecule has 0 radical (unpaired) electrons. The molecule has 0 unspecified atom stereocenters. The van der Waals surface area contributed by atoms with Crippen molar-refractivity contribution in [3.63, 3.8) is 0 Å². The number of nitrogens with zero attached hydrogens (tertiary/aromatic N) is 7. The Kier molecular flexibility index (Phi) is 7.66. The smallest absolute Gasteiger partial charge is 0.262 e. The van der Waals surface area contributed by atoms with Crippen LogP contribution >= 0.6 is 0 Å². The maximum absolute atomic E-state index is 13.6. The topological polar surface area (TPSA) is 161 Å². The number of aromatic hydroxyl groups is 3. The molecule has 7 rings (SSSR count). The fraction of sp³-hybridized carbons (Fsp3) is 0.143. The molecule has 0 aliphatic heterocycles. The van der Waals surface area contributed by atoms with Gasteiger partial charge in [-0.1, -0.05) is 41.6 Å². The van der Waals surface area contributed by atoms with E-state index in [1.807, 2.05) is 18.2 Å². The number of rotatable bonds is 9. The van der Waals surface area contributed by atoms with E-state index in [1.165, 1.54) is 22.8 Å². The lowest BCUT2D eigenvalue weighted by Crippen LogP contribution is -2.24. The largest absolute Gasteiger partial charge is 0.508 e. The quantitative estimate of drug-likeness (QED) is 0.193. The zero-order chi connectivity index (χ0) is 32.5. The first kappa shape index (κ1) is 29.4.